The van der Waals surface area contributed by atoms with Crippen molar-refractivity contribution in [2.75, 3.05) is 24.4 Å². The molecule has 40 heavy (non-hydrogen) atoms. The lowest BCUT2D eigenvalue weighted by atomic mass is 10.0. The Morgan fingerprint density at radius 1 is 1.10 bits per heavy atom. The van der Waals surface area contributed by atoms with E-state index in [2.05, 4.69) is 34.9 Å². The zero-order valence-corrected chi connectivity index (χ0v) is 23.9. The third kappa shape index (κ3) is 4.85. The molecule has 0 radical (unpaired) electrons. The average molecular weight is 583 g/mol. The van der Waals surface area contributed by atoms with Gasteiger partial charge in [-0.25, -0.2) is 27.2 Å². The van der Waals surface area contributed by atoms with Gasteiger partial charge in [0.1, 0.15) is 12.1 Å². The van der Waals surface area contributed by atoms with Gasteiger partial charge in [0, 0.05) is 36.9 Å². The van der Waals surface area contributed by atoms with Crippen molar-refractivity contribution in [2.45, 2.75) is 49.6 Å². The van der Waals surface area contributed by atoms with Gasteiger partial charge in [-0.15, -0.1) is 4.37 Å². The van der Waals surface area contributed by atoms with Crippen molar-refractivity contribution in [2.24, 2.45) is 11.8 Å². The van der Waals surface area contributed by atoms with Gasteiger partial charge in [0.25, 0.3) is 10.0 Å². The molecule has 0 aliphatic heterocycles. The number of amides is 2. The third-order valence-corrected chi connectivity index (χ3v) is 10.3. The van der Waals surface area contributed by atoms with Gasteiger partial charge < -0.3 is 15.0 Å². The quantitative estimate of drug-likeness (QED) is 0.334. The van der Waals surface area contributed by atoms with Crippen molar-refractivity contribution in [3.63, 3.8) is 0 Å². The fourth-order valence-electron chi connectivity index (χ4n) is 6.07. The molecule has 2 saturated carbocycles. The lowest BCUT2D eigenvalue weighted by molar-refractivity contribution is 0.248. The van der Waals surface area contributed by atoms with Gasteiger partial charge in [-0.3, -0.25) is 5.32 Å². The van der Waals surface area contributed by atoms with Crippen LogP contribution in [0.15, 0.2) is 47.8 Å². The van der Waals surface area contributed by atoms with E-state index in [0.717, 1.165) is 48.6 Å². The molecule has 6 rings (SSSR count). The number of anilines is 2. The van der Waals surface area contributed by atoms with Crippen molar-refractivity contribution in [1.82, 2.24) is 28.6 Å². The number of nitrogens with zero attached hydrogens (tertiary/aromatic N) is 6. The molecule has 0 spiro atoms. The van der Waals surface area contributed by atoms with Crippen LogP contribution in [-0.2, 0) is 10.0 Å². The number of methoxy groups -OCH3 is 1. The summed E-state index contributed by atoms with van der Waals surface area (Å²) in [7, 11) is -0.301. The van der Waals surface area contributed by atoms with Crippen molar-refractivity contribution in [3.05, 3.63) is 48.4 Å². The van der Waals surface area contributed by atoms with Gasteiger partial charge in [-0.2, -0.15) is 4.98 Å². The molecule has 0 bridgehead atoms. The molecule has 4 atom stereocenters. The van der Waals surface area contributed by atoms with Crippen LogP contribution < -0.4 is 20.3 Å². The van der Waals surface area contributed by atoms with E-state index in [-0.39, 0.29) is 29.0 Å². The molecule has 2 N–H and O–H groups in total. The molecule has 3 heterocycles. The normalized spacial score (nSPS) is 22.3. The molecule has 2 aliphatic rings. The maximum absolute atomic E-state index is 13.4. The Balaban J connectivity index is 1.12. The van der Waals surface area contributed by atoms with Crippen LogP contribution in [0.4, 0.5) is 15.7 Å². The summed E-state index contributed by atoms with van der Waals surface area (Å²) in [5, 5.41) is 6.89. The molecule has 2 amide bonds. The van der Waals surface area contributed by atoms with Crippen LogP contribution in [0, 0.1) is 18.8 Å². The number of urea groups is 1. The Bertz CT molecular complexity index is 1640. The van der Waals surface area contributed by atoms with Gasteiger partial charge in [-0.1, -0.05) is 17.7 Å². The summed E-state index contributed by atoms with van der Waals surface area (Å²) in [6.07, 6.45) is 6.75. The summed E-state index contributed by atoms with van der Waals surface area (Å²) in [6, 6.07) is 8.87. The summed E-state index contributed by atoms with van der Waals surface area (Å²) in [5.74, 6) is 1.70. The van der Waals surface area contributed by atoms with Crippen molar-refractivity contribution >= 4 is 49.6 Å². The fourth-order valence-corrected chi connectivity index (χ4v) is 7.91. The minimum Gasteiger partial charge on any atom is -0.466 e. The van der Waals surface area contributed by atoms with E-state index in [0.29, 0.717) is 28.0 Å². The number of hydrogen-bond donors (Lipinski definition) is 2. The standard InChI is InChI=1S/C26H30N8O4S2/c1-15-4-6-20(7-5-15)40(36,37)34-9-8-21-22(27-14-28-23(21)34)33(2)19-12-16-10-18(11-17(16)13-19)29-24(35)30-26-31-25(38-3)32-39-26/h4-9,14,16-19H,10-13H2,1-3H3,(H2,29,30,31,32,35)/t16-,17?,18+,19-/m1/s1. The second-order valence-electron chi connectivity index (χ2n) is 10.5. The molecule has 1 unspecified atom stereocenters. The number of aryl methyl sites for hydroxylation is 1. The number of rotatable bonds is 7. The molecule has 2 fully saturated rings. The first-order chi connectivity index (χ1) is 19.2. The molecule has 0 saturated heterocycles. The van der Waals surface area contributed by atoms with Gasteiger partial charge in [-0.05, 0) is 62.6 Å². The topological polar surface area (TPSA) is 144 Å². The second-order valence-corrected chi connectivity index (χ2v) is 13.0. The molecule has 3 aromatic heterocycles. The van der Waals surface area contributed by atoms with Crippen LogP contribution in [0.3, 0.4) is 0 Å². The number of hydrogen-bond acceptors (Lipinski definition) is 10. The van der Waals surface area contributed by atoms with Crippen LogP contribution in [-0.4, -0.2) is 64.0 Å². The predicted octanol–water partition coefficient (Wildman–Crippen LogP) is 3.65. The summed E-state index contributed by atoms with van der Waals surface area (Å²) < 4.78 is 36.9. The SMILES string of the molecule is COc1nsc(NC(=O)N[C@@H]2CC3C[C@H](N(C)c4ncnc5c4ccn5S(=O)(=O)c4ccc(C)cc4)C[C@H]3C2)n1. The Morgan fingerprint density at radius 3 is 2.50 bits per heavy atom. The smallest absolute Gasteiger partial charge is 0.329 e. The Morgan fingerprint density at radius 2 is 1.82 bits per heavy atom. The Kier molecular flexibility index (Phi) is 6.82. The monoisotopic (exact) mass is 582 g/mol. The van der Waals surface area contributed by atoms with E-state index in [1.54, 1.807) is 36.5 Å². The van der Waals surface area contributed by atoms with E-state index in [1.807, 2.05) is 14.0 Å². The highest BCUT2D eigenvalue weighted by atomic mass is 32.2. The van der Waals surface area contributed by atoms with E-state index in [1.165, 1.54) is 17.4 Å². The first-order valence-electron chi connectivity index (χ1n) is 13.0. The highest BCUT2D eigenvalue weighted by Crippen LogP contribution is 2.46. The lowest BCUT2D eigenvalue weighted by Crippen LogP contribution is -2.37. The van der Waals surface area contributed by atoms with Gasteiger partial charge in [0.05, 0.1) is 17.4 Å². The molecule has 210 valence electrons. The highest BCUT2D eigenvalue weighted by molar-refractivity contribution is 7.90. The highest BCUT2D eigenvalue weighted by Gasteiger charge is 2.43. The molecule has 4 aromatic rings. The zero-order valence-electron chi connectivity index (χ0n) is 22.3. The molecule has 12 nitrogen and oxygen atoms in total. The first kappa shape index (κ1) is 26.4. The Labute approximate surface area is 236 Å². The van der Waals surface area contributed by atoms with Crippen molar-refractivity contribution in [3.8, 4) is 6.01 Å². The number of ether oxygens (including phenoxy) is 1. The predicted molar refractivity (Wildman–Crippen MR) is 151 cm³/mol. The van der Waals surface area contributed by atoms with Crippen LogP contribution in [0.5, 0.6) is 6.01 Å². The summed E-state index contributed by atoms with van der Waals surface area (Å²) in [6.45, 7) is 1.92. The van der Waals surface area contributed by atoms with E-state index in [4.69, 9.17) is 4.74 Å². The summed E-state index contributed by atoms with van der Waals surface area (Å²) in [4.78, 5) is 27.8. The molecule has 1 aromatic carbocycles. The maximum atomic E-state index is 13.4. The van der Waals surface area contributed by atoms with Gasteiger partial charge in [0.15, 0.2) is 5.65 Å². The molecular weight excluding hydrogens is 552 g/mol. The summed E-state index contributed by atoms with van der Waals surface area (Å²) in [5.41, 5.74) is 1.35. The fraction of sp³-hybridized carbons (Fsp3) is 0.423. The number of carbonyl (C=O) groups excluding carboxylic acids is 1. The van der Waals surface area contributed by atoms with E-state index >= 15 is 0 Å². The van der Waals surface area contributed by atoms with Gasteiger partial charge >= 0.3 is 12.0 Å². The Hall–Kier alpha value is -3.78. The van der Waals surface area contributed by atoms with Crippen LogP contribution in [0.25, 0.3) is 11.0 Å². The maximum Gasteiger partial charge on any atom is 0.329 e. The minimum absolute atomic E-state index is 0.0999. The van der Waals surface area contributed by atoms with E-state index in [9.17, 15) is 13.2 Å². The second kappa shape index (κ2) is 10.3. The van der Waals surface area contributed by atoms with E-state index < -0.39 is 10.0 Å². The zero-order chi connectivity index (χ0) is 28.0. The number of nitrogens with one attached hydrogen (secondary N) is 2. The van der Waals surface area contributed by atoms with Crippen LogP contribution >= 0.6 is 11.5 Å². The number of fused-ring (bicyclic) bond motifs is 2. The van der Waals surface area contributed by atoms with Crippen molar-refractivity contribution < 1.29 is 17.9 Å². The minimum atomic E-state index is -3.79. The van der Waals surface area contributed by atoms with Crippen molar-refractivity contribution in [1.29, 1.82) is 0 Å². The number of carbonyl (C=O) groups is 1. The molecular formula is C26H30N8O4S2. The van der Waals surface area contributed by atoms with Crippen LogP contribution in [0.2, 0.25) is 0 Å². The van der Waals surface area contributed by atoms with Gasteiger partial charge in [0.2, 0.25) is 5.13 Å². The number of benzene rings is 1. The average Bonchev–Trinajstić information content (AvgIpc) is 3.71. The van der Waals surface area contributed by atoms with Crippen LogP contribution in [0.1, 0.15) is 31.2 Å². The third-order valence-electron chi connectivity index (χ3n) is 8.02. The number of aromatic nitrogens is 5. The largest absolute Gasteiger partial charge is 0.466 e. The lowest BCUT2D eigenvalue weighted by Gasteiger charge is -2.27. The summed E-state index contributed by atoms with van der Waals surface area (Å²) >= 11 is 1.07. The first-order valence-corrected chi connectivity index (χ1v) is 15.3. The molecule has 14 heteroatoms. The molecule has 2 aliphatic carbocycles.